The molecule has 0 aliphatic carbocycles. The molecule has 0 radical (unpaired) electrons. The molecule has 4 nitrogen and oxygen atoms in total. The van der Waals surface area contributed by atoms with Gasteiger partial charge in [0, 0.05) is 18.2 Å². The van der Waals surface area contributed by atoms with Crippen molar-refractivity contribution in [1.29, 1.82) is 0 Å². The summed E-state index contributed by atoms with van der Waals surface area (Å²) in [5, 5.41) is 0. The predicted molar refractivity (Wildman–Crippen MR) is 116 cm³/mol. The molecule has 0 aliphatic rings. The van der Waals surface area contributed by atoms with Crippen LogP contribution in [0.25, 0.3) is 0 Å². The van der Waals surface area contributed by atoms with Crippen LogP contribution in [0.4, 0.5) is 4.39 Å². The zero-order chi connectivity index (χ0) is 21.2. The molecule has 5 heteroatoms. The molecule has 0 saturated carbocycles. The normalized spacial score (nSPS) is 12.2. The van der Waals surface area contributed by atoms with E-state index in [1.54, 1.807) is 12.1 Å². The van der Waals surface area contributed by atoms with Gasteiger partial charge in [0.25, 0.3) is 0 Å². The van der Waals surface area contributed by atoms with E-state index in [2.05, 4.69) is 0 Å². The van der Waals surface area contributed by atoms with E-state index in [4.69, 9.17) is 20.9 Å². The first-order chi connectivity index (χ1) is 14.6. The van der Waals surface area contributed by atoms with E-state index < -0.39 is 0 Å². The summed E-state index contributed by atoms with van der Waals surface area (Å²) in [4.78, 5) is 0. The lowest BCUT2D eigenvalue weighted by molar-refractivity contribution is 0.144. The van der Waals surface area contributed by atoms with E-state index in [0.29, 0.717) is 31.1 Å². The summed E-state index contributed by atoms with van der Waals surface area (Å²) < 4.78 is 25.1. The third kappa shape index (κ3) is 6.71. The van der Waals surface area contributed by atoms with Crippen LogP contribution in [-0.4, -0.2) is 0 Å². The summed E-state index contributed by atoms with van der Waals surface area (Å²) in [7, 11) is 0. The van der Waals surface area contributed by atoms with Crippen molar-refractivity contribution in [2.75, 3.05) is 0 Å². The molecule has 0 spiro atoms. The third-order valence-electron chi connectivity index (χ3n) is 4.33. The van der Waals surface area contributed by atoms with E-state index in [1.165, 1.54) is 12.1 Å². The number of benzene rings is 3. The van der Waals surface area contributed by atoms with Crippen LogP contribution in [0, 0.1) is 5.82 Å². The predicted octanol–water partition coefficient (Wildman–Crippen LogP) is 4.77. The quantitative estimate of drug-likeness (QED) is 0.398. The van der Waals surface area contributed by atoms with Gasteiger partial charge in [-0.3, -0.25) is 0 Å². The van der Waals surface area contributed by atoms with Gasteiger partial charge >= 0.3 is 0 Å². The maximum atomic E-state index is 13.4. The van der Waals surface area contributed by atoms with Crippen LogP contribution in [-0.2, 0) is 29.1 Å². The van der Waals surface area contributed by atoms with Crippen molar-refractivity contribution in [2.24, 2.45) is 11.5 Å². The van der Waals surface area contributed by atoms with Crippen LogP contribution < -0.4 is 11.5 Å². The van der Waals surface area contributed by atoms with Crippen molar-refractivity contribution in [1.82, 2.24) is 0 Å². The minimum Gasteiger partial charge on any atom is -0.483 e. The van der Waals surface area contributed by atoms with Gasteiger partial charge in [-0.2, -0.15) is 0 Å². The number of hydrogen-bond donors (Lipinski definition) is 2. The largest absolute Gasteiger partial charge is 0.483 e. The summed E-state index contributed by atoms with van der Waals surface area (Å²) in [6.45, 7) is 0.623. The van der Waals surface area contributed by atoms with Crippen molar-refractivity contribution >= 4 is 0 Å². The fourth-order valence-corrected chi connectivity index (χ4v) is 2.83. The summed E-state index contributed by atoms with van der Waals surface area (Å²) in [6, 6.07) is 25.7. The van der Waals surface area contributed by atoms with Crippen LogP contribution in [0.3, 0.4) is 0 Å². The molecule has 0 aliphatic heterocycles. The minimum atomic E-state index is -0.304. The van der Waals surface area contributed by atoms with Gasteiger partial charge in [0.15, 0.2) is 5.76 Å². The Labute approximate surface area is 176 Å². The lowest BCUT2D eigenvalue weighted by Crippen LogP contribution is -2.11. The molecule has 154 valence electrons. The Morgan fingerprint density at radius 2 is 1.30 bits per heavy atom. The molecular weight excluding hydrogens is 379 g/mol. The SMILES string of the molecule is N/C(=C\C(OCc1ccccc1)=C(/N)OCc1ccccc1)Cc1cccc(F)c1. The number of rotatable bonds is 9. The molecule has 0 fully saturated rings. The molecule has 0 saturated heterocycles. The molecule has 4 N–H and O–H groups in total. The first-order valence-electron chi connectivity index (χ1n) is 9.64. The Bertz CT molecular complexity index is 1000. The summed E-state index contributed by atoms with van der Waals surface area (Å²) in [5.41, 5.74) is 15.6. The summed E-state index contributed by atoms with van der Waals surface area (Å²) >= 11 is 0. The van der Waals surface area contributed by atoms with Gasteiger partial charge in [-0.25, -0.2) is 4.39 Å². The highest BCUT2D eigenvalue weighted by Crippen LogP contribution is 2.15. The van der Waals surface area contributed by atoms with E-state index in [0.717, 1.165) is 16.7 Å². The number of allylic oxidation sites excluding steroid dienone is 2. The lowest BCUT2D eigenvalue weighted by atomic mass is 10.1. The summed E-state index contributed by atoms with van der Waals surface area (Å²) in [5.74, 6) is 0.169. The molecule has 3 aromatic rings. The molecule has 0 atom stereocenters. The van der Waals surface area contributed by atoms with Crippen molar-refractivity contribution in [3.05, 3.63) is 131 Å². The van der Waals surface area contributed by atoms with Gasteiger partial charge in [0.05, 0.1) is 0 Å². The first-order valence-corrected chi connectivity index (χ1v) is 9.64. The van der Waals surface area contributed by atoms with Crippen LogP contribution in [0.2, 0.25) is 0 Å². The highest BCUT2D eigenvalue weighted by Gasteiger charge is 2.08. The van der Waals surface area contributed by atoms with E-state index >= 15 is 0 Å². The Balaban J connectivity index is 1.76. The number of ether oxygens (including phenoxy) is 2. The molecule has 0 heterocycles. The maximum absolute atomic E-state index is 13.4. The highest BCUT2D eigenvalue weighted by molar-refractivity contribution is 5.27. The van der Waals surface area contributed by atoms with Crippen LogP contribution in [0.5, 0.6) is 0 Å². The van der Waals surface area contributed by atoms with Crippen molar-refractivity contribution in [3.63, 3.8) is 0 Å². The smallest absolute Gasteiger partial charge is 0.228 e. The van der Waals surface area contributed by atoms with E-state index in [1.807, 2.05) is 66.7 Å². The van der Waals surface area contributed by atoms with Crippen molar-refractivity contribution < 1.29 is 13.9 Å². The molecule has 30 heavy (non-hydrogen) atoms. The standard InChI is InChI=1S/C25H25FN2O2/c26-22-13-7-12-21(14-22)15-23(27)16-24(29-17-19-8-3-1-4-9-19)25(28)30-18-20-10-5-2-6-11-20/h1-14,16H,15,17-18,27-28H2/b23-16-,25-24-. The minimum absolute atomic E-state index is 0.136. The van der Waals surface area contributed by atoms with Crippen LogP contribution in [0.1, 0.15) is 16.7 Å². The third-order valence-corrected chi connectivity index (χ3v) is 4.33. The first kappa shape index (κ1) is 21.0. The number of hydrogen-bond acceptors (Lipinski definition) is 4. The Morgan fingerprint density at radius 3 is 1.90 bits per heavy atom. The molecule has 0 bridgehead atoms. The van der Waals surface area contributed by atoms with Crippen molar-refractivity contribution in [2.45, 2.75) is 19.6 Å². The molecule has 3 aromatic carbocycles. The van der Waals surface area contributed by atoms with Gasteiger partial charge in [-0.15, -0.1) is 0 Å². The molecular formula is C25H25FN2O2. The van der Waals surface area contributed by atoms with E-state index in [-0.39, 0.29) is 11.7 Å². The van der Waals surface area contributed by atoms with Crippen LogP contribution >= 0.6 is 0 Å². The maximum Gasteiger partial charge on any atom is 0.228 e. The zero-order valence-electron chi connectivity index (χ0n) is 16.6. The molecule has 0 unspecified atom stereocenters. The topological polar surface area (TPSA) is 70.5 Å². The van der Waals surface area contributed by atoms with Gasteiger partial charge in [0.1, 0.15) is 19.0 Å². The van der Waals surface area contributed by atoms with Crippen LogP contribution in [0.15, 0.2) is 108 Å². The lowest BCUT2D eigenvalue weighted by Gasteiger charge is -2.13. The fourth-order valence-electron chi connectivity index (χ4n) is 2.83. The van der Waals surface area contributed by atoms with Gasteiger partial charge in [-0.05, 0) is 28.8 Å². The molecule has 0 aromatic heterocycles. The van der Waals surface area contributed by atoms with E-state index in [9.17, 15) is 4.39 Å². The molecule has 3 rings (SSSR count). The number of halogens is 1. The Kier molecular flexibility index (Phi) is 7.50. The Hall–Kier alpha value is -3.73. The second-order valence-corrected chi connectivity index (χ2v) is 6.80. The van der Waals surface area contributed by atoms with Gasteiger partial charge in [0.2, 0.25) is 5.88 Å². The summed E-state index contributed by atoms with van der Waals surface area (Å²) in [6.07, 6.45) is 2.00. The second-order valence-electron chi connectivity index (χ2n) is 6.80. The average molecular weight is 404 g/mol. The number of nitrogens with two attached hydrogens (primary N) is 2. The second kappa shape index (κ2) is 10.7. The Morgan fingerprint density at radius 1 is 0.733 bits per heavy atom. The monoisotopic (exact) mass is 404 g/mol. The van der Waals surface area contributed by atoms with Gasteiger partial charge in [-0.1, -0.05) is 72.8 Å². The zero-order valence-corrected chi connectivity index (χ0v) is 16.6. The van der Waals surface area contributed by atoms with Crippen molar-refractivity contribution in [3.8, 4) is 0 Å². The van der Waals surface area contributed by atoms with Gasteiger partial charge < -0.3 is 20.9 Å². The average Bonchev–Trinajstić information content (AvgIpc) is 2.76. The molecule has 0 amide bonds. The highest BCUT2D eigenvalue weighted by atomic mass is 19.1. The fraction of sp³-hybridized carbons (Fsp3) is 0.120.